The van der Waals surface area contributed by atoms with Gasteiger partial charge in [0.25, 0.3) is 5.92 Å². The summed E-state index contributed by atoms with van der Waals surface area (Å²) in [7, 11) is 0. The van der Waals surface area contributed by atoms with Gasteiger partial charge in [0, 0.05) is 17.0 Å². The highest BCUT2D eigenvalue weighted by Crippen LogP contribution is 2.28. The first kappa shape index (κ1) is 16.9. The zero-order valence-electron chi connectivity index (χ0n) is 11.5. The molecular formula is C15H15ClF2N2OS. The Kier molecular flexibility index (Phi) is 5.16. The van der Waals surface area contributed by atoms with Crippen LogP contribution in [-0.2, 0) is 4.79 Å². The van der Waals surface area contributed by atoms with Crippen LogP contribution in [0.5, 0.6) is 0 Å². The lowest BCUT2D eigenvalue weighted by atomic mass is 10.1. The van der Waals surface area contributed by atoms with Crippen LogP contribution in [0.4, 0.5) is 14.5 Å². The van der Waals surface area contributed by atoms with Crippen LogP contribution in [0.25, 0.3) is 10.4 Å². The molecule has 1 aromatic carbocycles. The third-order valence-corrected chi connectivity index (χ3v) is 4.28. The van der Waals surface area contributed by atoms with Crippen molar-refractivity contribution >= 4 is 35.3 Å². The molecule has 7 heteroatoms. The number of rotatable bonds is 3. The fourth-order valence-electron chi connectivity index (χ4n) is 2.32. The van der Waals surface area contributed by atoms with Gasteiger partial charge in [-0.3, -0.25) is 10.1 Å². The summed E-state index contributed by atoms with van der Waals surface area (Å²) >= 11 is 1.60. The molecule has 1 aliphatic rings. The maximum Gasteiger partial charge on any atom is 0.262 e. The third kappa shape index (κ3) is 3.82. The van der Waals surface area contributed by atoms with E-state index in [1.165, 1.54) is 0 Å². The van der Waals surface area contributed by atoms with E-state index in [-0.39, 0.29) is 12.4 Å². The molecule has 2 heterocycles. The molecule has 2 N–H and O–H groups in total. The second-order valence-corrected chi connectivity index (χ2v) is 5.99. The van der Waals surface area contributed by atoms with E-state index in [0.717, 1.165) is 10.4 Å². The topological polar surface area (TPSA) is 41.1 Å². The third-order valence-electron chi connectivity index (χ3n) is 3.36. The van der Waals surface area contributed by atoms with Gasteiger partial charge in [-0.15, -0.1) is 23.7 Å². The van der Waals surface area contributed by atoms with E-state index in [4.69, 9.17) is 0 Å². The van der Waals surface area contributed by atoms with Crippen LogP contribution in [0.1, 0.15) is 6.42 Å². The summed E-state index contributed by atoms with van der Waals surface area (Å²) in [4.78, 5) is 13.1. The van der Waals surface area contributed by atoms with E-state index in [1.54, 1.807) is 17.4 Å². The van der Waals surface area contributed by atoms with E-state index in [1.807, 2.05) is 35.7 Å². The molecule has 1 amide bonds. The average molecular weight is 345 g/mol. The van der Waals surface area contributed by atoms with Gasteiger partial charge in [-0.05, 0) is 29.1 Å². The van der Waals surface area contributed by atoms with Gasteiger partial charge in [-0.1, -0.05) is 18.2 Å². The highest BCUT2D eigenvalue weighted by atomic mass is 35.5. The Morgan fingerprint density at radius 1 is 1.32 bits per heavy atom. The van der Waals surface area contributed by atoms with Gasteiger partial charge >= 0.3 is 0 Å². The largest absolute Gasteiger partial charge is 0.325 e. The molecule has 2 aromatic rings. The molecule has 1 aliphatic heterocycles. The number of halogens is 3. The van der Waals surface area contributed by atoms with Crippen molar-refractivity contribution in [2.75, 3.05) is 11.9 Å². The molecule has 1 atom stereocenters. The lowest BCUT2D eigenvalue weighted by Crippen LogP contribution is -2.35. The minimum absolute atomic E-state index is 0. The molecule has 0 bridgehead atoms. The minimum atomic E-state index is -2.80. The number of benzene rings is 1. The summed E-state index contributed by atoms with van der Waals surface area (Å²) in [6.07, 6.45) is -0.455. The molecule has 118 valence electrons. The number of hydrogen-bond donors (Lipinski definition) is 2. The van der Waals surface area contributed by atoms with Gasteiger partial charge in [0.15, 0.2) is 0 Å². The maximum absolute atomic E-state index is 13.1. The maximum atomic E-state index is 13.1. The number of thiophene rings is 1. The SMILES string of the molecule is Cl.O=C(Nc1cccc(-c2cccs2)c1)C1CC(F)(F)CN1. The van der Waals surface area contributed by atoms with E-state index in [0.29, 0.717) is 5.69 Å². The highest BCUT2D eigenvalue weighted by Gasteiger charge is 2.42. The number of amides is 1. The molecule has 0 radical (unpaired) electrons. The number of nitrogens with one attached hydrogen (secondary N) is 2. The fourth-order valence-corrected chi connectivity index (χ4v) is 3.05. The van der Waals surface area contributed by atoms with E-state index < -0.39 is 30.8 Å². The van der Waals surface area contributed by atoms with Crippen LogP contribution in [0.3, 0.4) is 0 Å². The predicted octanol–water partition coefficient (Wildman–Crippen LogP) is 3.77. The van der Waals surface area contributed by atoms with Crippen molar-refractivity contribution < 1.29 is 13.6 Å². The van der Waals surface area contributed by atoms with Crippen molar-refractivity contribution in [3.05, 3.63) is 41.8 Å². The molecule has 0 spiro atoms. The summed E-state index contributed by atoms with van der Waals surface area (Å²) in [6.45, 7) is -0.444. The molecule has 3 rings (SSSR count). The van der Waals surface area contributed by atoms with Crippen LogP contribution in [0, 0.1) is 0 Å². The average Bonchev–Trinajstić information content (AvgIpc) is 3.08. The Balaban J connectivity index is 0.00000176. The predicted molar refractivity (Wildman–Crippen MR) is 87.0 cm³/mol. The highest BCUT2D eigenvalue weighted by molar-refractivity contribution is 7.13. The Morgan fingerprint density at radius 2 is 2.14 bits per heavy atom. The van der Waals surface area contributed by atoms with Gasteiger partial charge in [-0.2, -0.15) is 0 Å². The molecule has 1 fully saturated rings. The van der Waals surface area contributed by atoms with Crippen molar-refractivity contribution in [2.24, 2.45) is 0 Å². The first-order valence-electron chi connectivity index (χ1n) is 6.59. The van der Waals surface area contributed by atoms with Crippen LogP contribution >= 0.6 is 23.7 Å². The fraction of sp³-hybridized carbons (Fsp3) is 0.267. The summed E-state index contributed by atoms with van der Waals surface area (Å²) in [5.74, 6) is -3.23. The number of carbonyl (C=O) groups excluding carboxylic acids is 1. The quantitative estimate of drug-likeness (QED) is 0.889. The monoisotopic (exact) mass is 344 g/mol. The smallest absolute Gasteiger partial charge is 0.262 e. The van der Waals surface area contributed by atoms with Gasteiger partial charge in [-0.25, -0.2) is 8.78 Å². The minimum Gasteiger partial charge on any atom is -0.325 e. The molecule has 1 saturated heterocycles. The van der Waals surface area contributed by atoms with Crippen molar-refractivity contribution in [3.63, 3.8) is 0 Å². The normalized spacial score (nSPS) is 19.5. The van der Waals surface area contributed by atoms with Crippen LogP contribution in [-0.4, -0.2) is 24.4 Å². The number of alkyl halides is 2. The first-order valence-corrected chi connectivity index (χ1v) is 7.47. The summed E-state index contributed by atoms with van der Waals surface area (Å²) in [6, 6.07) is 10.5. The van der Waals surface area contributed by atoms with E-state index in [9.17, 15) is 13.6 Å². The standard InChI is InChI=1S/C15H14F2N2OS.ClH/c16-15(17)8-12(18-9-15)14(20)19-11-4-1-3-10(7-11)13-5-2-6-21-13;/h1-7,12,18H,8-9H2,(H,19,20);1H. The van der Waals surface area contributed by atoms with Gasteiger partial charge < -0.3 is 5.32 Å². The Labute approximate surface area is 137 Å². The number of hydrogen-bond acceptors (Lipinski definition) is 3. The lowest BCUT2D eigenvalue weighted by molar-refractivity contribution is -0.118. The van der Waals surface area contributed by atoms with Crippen molar-refractivity contribution in [2.45, 2.75) is 18.4 Å². The Morgan fingerprint density at radius 3 is 2.77 bits per heavy atom. The summed E-state index contributed by atoms with van der Waals surface area (Å²) in [5, 5.41) is 7.22. The zero-order valence-corrected chi connectivity index (χ0v) is 13.1. The van der Waals surface area contributed by atoms with E-state index >= 15 is 0 Å². The molecule has 1 aromatic heterocycles. The van der Waals surface area contributed by atoms with Crippen LogP contribution in [0.2, 0.25) is 0 Å². The van der Waals surface area contributed by atoms with E-state index in [2.05, 4.69) is 10.6 Å². The van der Waals surface area contributed by atoms with Crippen LogP contribution < -0.4 is 10.6 Å². The molecular weight excluding hydrogens is 330 g/mol. The Hall–Kier alpha value is -1.50. The summed E-state index contributed by atoms with van der Waals surface area (Å²) in [5.41, 5.74) is 1.61. The first-order chi connectivity index (χ1) is 10.0. The van der Waals surface area contributed by atoms with Crippen molar-refractivity contribution in [1.29, 1.82) is 0 Å². The Bertz CT molecular complexity index is 649. The molecule has 1 unspecified atom stereocenters. The molecule has 0 aliphatic carbocycles. The second-order valence-electron chi connectivity index (χ2n) is 5.04. The molecule has 0 saturated carbocycles. The van der Waals surface area contributed by atoms with Crippen molar-refractivity contribution in [1.82, 2.24) is 5.32 Å². The molecule has 22 heavy (non-hydrogen) atoms. The van der Waals surface area contributed by atoms with Crippen molar-refractivity contribution in [3.8, 4) is 10.4 Å². The summed E-state index contributed by atoms with van der Waals surface area (Å²) < 4.78 is 26.2. The van der Waals surface area contributed by atoms with Gasteiger partial charge in [0.2, 0.25) is 5.91 Å². The van der Waals surface area contributed by atoms with Crippen LogP contribution in [0.15, 0.2) is 41.8 Å². The lowest BCUT2D eigenvalue weighted by Gasteiger charge is -2.12. The number of anilines is 1. The molecule has 3 nitrogen and oxygen atoms in total. The zero-order chi connectivity index (χ0) is 14.9. The number of carbonyl (C=O) groups is 1. The van der Waals surface area contributed by atoms with Gasteiger partial charge in [0.05, 0.1) is 12.6 Å². The second kappa shape index (κ2) is 6.73. The van der Waals surface area contributed by atoms with Gasteiger partial charge in [0.1, 0.15) is 0 Å².